The lowest BCUT2D eigenvalue weighted by atomic mass is 10.1. The summed E-state index contributed by atoms with van der Waals surface area (Å²) in [6.07, 6.45) is 3.69. The molecule has 0 heterocycles. The van der Waals surface area contributed by atoms with Gasteiger partial charge >= 0.3 is 0 Å². The molecular weight excluding hydrogens is 282 g/mol. The highest BCUT2D eigenvalue weighted by Crippen LogP contribution is 2.15. The van der Waals surface area contributed by atoms with Crippen molar-refractivity contribution in [1.82, 2.24) is 0 Å². The van der Waals surface area contributed by atoms with Crippen LogP contribution in [0.5, 0.6) is 11.5 Å². The van der Waals surface area contributed by atoms with Crippen molar-refractivity contribution in [2.75, 3.05) is 19.5 Å². The molecule has 0 spiro atoms. The summed E-state index contributed by atoms with van der Waals surface area (Å²) in [4.78, 5) is 0.763. The summed E-state index contributed by atoms with van der Waals surface area (Å²) >= 11 is 5.37. The van der Waals surface area contributed by atoms with E-state index in [-0.39, 0.29) is 0 Å². The average molecular weight is 299 g/mol. The summed E-state index contributed by atoms with van der Waals surface area (Å²) < 4.78 is 10.2. The van der Waals surface area contributed by atoms with Crippen LogP contribution in [0.1, 0.15) is 5.56 Å². The van der Waals surface area contributed by atoms with Crippen molar-refractivity contribution in [1.29, 1.82) is 0 Å². The summed E-state index contributed by atoms with van der Waals surface area (Å²) in [7, 11) is 3.29. The number of allylic oxidation sites excluding steroid dienone is 1. The van der Waals surface area contributed by atoms with Crippen LogP contribution in [0.4, 0.5) is 5.69 Å². The third kappa shape index (κ3) is 4.33. The molecule has 0 amide bonds. The number of nitrogens with one attached hydrogen (secondary N) is 1. The zero-order valence-electron chi connectivity index (χ0n) is 12.0. The van der Waals surface area contributed by atoms with Crippen LogP contribution in [0.3, 0.4) is 0 Å². The van der Waals surface area contributed by atoms with Gasteiger partial charge in [0.1, 0.15) is 11.5 Å². The minimum absolute atomic E-state index is 0.763. The van der Waals surface area contributed by atoms with E-state index in [4.69, 9.17) is 21.7 Å². The van der Waals surface area contributed by atoms with Crippen molar-refractivity contribution in [3.8, 4) is 11.5 Å². The van der Waals surface area contributed by atoms with Crippen molar-refractivity contribution in [2.24, 2.45) is 0 Å². The Hall–Kier alpha value is -2.33. The molecule has 3 nitrogen and oxygen atoms in total. The first-order chi connectivity index (χ1) is 10.2. The third-order valence-corrected chi connectivity index (χ3v) is 3.32. The van der Waals surface area contributed by atoms with Gasteiger partial charge in [-0.05, 0) is 60.2 Å². The van der Waals surface area contributed by atoms with Crippen molar-refractivity contribution in [3.63, 3.8) is 0 Å². The molecule has 0 aliphatic rings. The highest BCUT2D eigenvalue weighted by molar-refractivity contribution is 7.81. The minimum atomic E-state index is 0.763. The predicted octanol–water partition coefficient (Wildman–Crippen LogP) is 4.05. The number of hydrogen-bond acceptors (Lipinski definition) is 4. The highest BCUT2D eigenvalue weighted by Gasteiger charge is 1.98. The van der Waals surface area contributed by atoms with Crippen LogP contribution in [0.25, 0.3) is 0 Å². The van der Waals surface area contributed by atoms with Gasteiger partial charge in [-0.2, -0.15) is 0 Å². The van der Waals surface area contributed by atoms with Gasteiger partial charge in [0, 0.05) is 16.8 Å². The van der Waals surface area contributed by atoms with Crippen molar-refractivity contribution in [2.45, 2.75) is 0 Å². The first-order valence-corrected chi connectivity index (χ1v) is 6.89. The largest absolute Gasteiger partial charge is 0.497 e. The molecule has 108 valence electrons. The molecule has 21 heavy (non-hydrogen) atoms. The van der Waals surface area contributed by atoms with Crippen LogP contribution in [0, 0.1) is 0 Å². The van der Waals surface area contributed by atoms with Gasteiger partial charge in [-0.3, -0.25) is 0 Å². The molecule has 0 saturated heterocycles. The molecule has 0 aliphatic heterocycles. The van der Waals surface area contributed by atoms with E-state index in [2.05, 4.69) is 5.32 Å². The molecule has 0 aliphatic carbocycles. The predicted molar refractivity (Wildman–Crippen MR) is 90.5 cm³/mol. The molecule has 2 aromatic carbocycles. The molecule has 0 saturated carbocycles. The van der Waals surface area contributed by atoms with E-state index in [9.17, 15) is 0 Å². The Balaban J connectivity index is 1.94. The van der Waals surface area contributed by atoms with Gasteiger partial charge < -0.3 is 14.8 Å². The number of benzene rings is 2. The summed E-state index contributed by atoms with van der Waals surface area (Å²) in [5.74, 6) is 1.65. The van der Waals surface area contributed by atoms with E-state index in [0.717, 1.165) is 27.6 Å². The minimum Gasteiger partial charge on any atom is -0.497 e. The molecule has 4 heteroatoms. The van der Waals surface area contributed by atoms with Gasteiger partial charge in [0.2, 0.25) is 0 Å². The van der Waals surface area contributed by atoms with E-state index >= 15 is 0 Å². The monoisotopic (exact) mass is 299 g/mol. The molecule has 0 radical (unpaired) electrons. The first kappa shape index (κ1) is 15.1. The number of thiocarbonyl (C=S) groups is 1. The fourth-order valence-corrected chi connectivity index (χ4v) is 1.96. The maximum atomic E-state index is 5.37. The average Bonchev–Trinajstić information content (AvgIpc) is 2.55. The van der Waals surface area contributed by atoms with Crippen molar-refractivity contribution in [3.05, 3.63) is 66.4 Å². The van der Waals surface area contributed by atoms with Crippen molar-refractivity contribution >= 4 is 22.8 Å². The zero-order valence-corrected chi connectivity index (χ0v) is 12.8. The Morgan fingerprint density at radius 1 is 0.905 bits per heavy atom. The Bertz CT molecular complexity index is 618. The molecule has 0 fully saturated rings. The maximum absolute atomic E-state index is 5.37. The van der Waals surface area contributed by atoms with E-state index in [1.807, 2.05) is 60.8 Å². The molecule has 0 aromatic heterocycles. The van der Waals surface area contributed by atoms with Gasteiger partial charge in [-0.1, -0.05) is 12.2 Å². The second-order valence-electron chi connectivity index (χ2n) is 4.30. The van der Waals surface area contributed by atoms with Gasteiger partial charge in [0.15, 0.2) is 0 Å². The number of ether oxygens (including phenoxy) is 2. The van der Waals surface area contributed by atoms with Crippen LogP contribution < -0.4 is 14.8 Å². The molecule has 0 unspecified atom stereocenters. The Kier molecular flexibility index (Phi) is 5.35. The number of anilines is 1. The number of methoxy groups -OCH3 is 2. The maximum Gasteiger partial charge on any atom is 0.119 e. The second kappa shape index (κ2) is 7.45. The Labute approximate surface area is 130 Å². The van der Waals surface area contributed by atoms with E-state index in [0.29, 0.717) is 0 Å². The van der Waals surface area contributed by atoms with E-state index in [1.165, 1.54) is 0 Å². The quantitative estimate of drug-likeness (QED) is 0.495. The SMILES string of the molecule is COc1ccc(NC=CC(=S)c2ccc(OC)cc2)cc1. The molecular formula is C17H17NO2S. The fraction of sp³-hybridized carbons (Fsp3) is 0.118. The molecule has 0 atom stereocenters. The lowest BCUT2D eigenvalue weighted by Crippen LogP contribution is -1.95. The summed E-state index contributed by atoms with van der Waals surface area (Å²) in [6.45, 7) is 0. The number of rotatable bonds is 6. The molecule has 2 rings (SSSR count). The summed E-state index contributed by atoms with van der Waals surface area (Å²) in [6, 6.07) is 15.4. The van der Waals surface area contributed by atoms with Crippen LogP contribution >= 0.6 is 12.2 Å². The smallest absolute Gasteiger partial charge is 0.119 e. The fourth-order valence-electron chi connectivity index (χ4n) is 1.75. The Morgan fingerprint density at radius 2 is 1.43 bits per heavy atom. The number of hydrogen-bond donors (Lipinski definition) is 1. The van der Waals surface area contributed by atoms with Crippen LogP contribution in [-0.2, 0) is 0 Å². The van der Waals surface area contributed by atoms with E-state index in [1.54, 1.807) is 14.2 Å². The van der Waals surface area contributed by atoms with E-state index < -0.39 is 0 Å². The normalized spacial score (nSPS) is 10.4. The summed E-state index contributed by atoms with van der Waals surface area (Å²) in [5, 5.41) is 3.17. The Morgan fingerprint density at radius 3 is 1.95 bits per heavy atom. The lowest BCUT2D eigenvalue weighted by molar-refractivity contribution is 0.414. The van der Waals surface area contributed by atoms with Crippen LogP contribution in [-0.4, -0.2) is 19.1 Å². The summed E-state index contributed by atoms with van der Waals surface area (Å²) in [5.41, 5.74) is 1.96. The van der Waals surface area contributed by atoms with Gasteiger partial charge in [-0.25, -0.2) is 0 Å². The van der Waals surface area contributed by atoms with Crippen molar-refractivity contribution < 1.29 is 9.47 Å². The highest BCUT2D eigenvalue weighted by atomic mass is 32.1. The van der Waals surface area contributed by atoms with Gasteiger partial charge in [0.25, 0.3) is 0 Å². The molecule has 1 N–H and O–H groups in total. The first-order valence-electron chi connectivity index (χ1n) is 6.48. The second-order valence-corrected chi connectivity index (χ2v) is 4.74. The third-order valence-electron chi connectivity index (χ3n) is 2.95. The van der Waals surface area contributed by atoms with Gasteiger partial charge in [0.05, 0.1) is 14.2 Å². The van der Waals surface area contributed by atoms with Gasteiger partial charge in [-0.15, -0.1) is 0 Å². The topological polar surface area (TPSA) is 30.5 Å². The molecule has 0 bridgehead atoms. The van der Waals surface area contributed by atoms with Crippen LogP contribution in [0.2, 0.25) is 0 Å². The van der Waals surface area contributed by atoms with Crippen LogP contribution in [0.15, 0.2) is 60.8 Å². The zero-order chi connectivity index (χ0) is 15.1. The standard InChI is InChI=1S/C17H17NO2S/c1-19-15-7-3-13(4-8-15)17(21)11-12-18-14-5-9-16(20-2)10-6-14/h3-12,18H,1-2H3. The lowest BCUT2D eigenvalue weighted by Gasteiger charge is -2.04. The molecule has 2 aromatic rings.